The van der Waals surface area contributed by atoms with Crippen molar-refractivity contribution in [2.75, 3.05) is 12.3 Å². The summed E-state index contributed by atoms with van der Waals surface area (Å²) in [4.78, 5) is 25.3. The van der Waals surface area contributed by atoms with Gasteiger partial charge in [-0.15, -0.1) is 11.8 Å². The van der Waals surface area contributed by atoms with E-state index in [2.05, 4.69) is 0 Å². The van der Waals surface area contributed by atoms with Crippen molar-refractivity contribution in [1.82, 2.24) is 4.90 Å². The number of carbonyl (C=O) groups is 2. The van der Waals surface area contributed by atoms with Gasteiger partial charge in [-0.3, -0.25) is 9.59 Å². The van der Waals surface area contributed by atoms with Crippen LogP contribution in [0.1, 0.15) is 39.0 Å². The fraction of sp³-hybridized carbons (Fsp3) is 0.833. The summed E-state index contributed by atoms with van der Waals surface area (Å²) in [6, 6.07) is 0.186. The van der Waals surface area contributed by atoms with Crippen LogP contribution in [0.5, 0.6) is 0 Å². The van der Waals surface area contributed by atoms with Gasteiger partial charge in [0.2, 0.25) is 5.91 Å². The third kappa shape index (κ3) is 2.59. The third-order valence-electron chi connectivity index (χ3n) is 3.39. The SMILES string of the molecule is CC(=O)CC1CCCN1C(=O)C1CCCS1. The van der Waals surface area contributed by atoms with Crippen LogP contribution < -0.4 is 0 Å². The Morgan fingerprint density at radius 1 is 1.31 bits per heavy atom. The molecule has 3 nitrogen and oxygen atoms in total. The second-order valence-corrected chi connectivity index (χ2v) is 6.05. The maximum atomic E-state index is 12.2. The van der Waals surface area contributed by atoms with Gasteiger partial charge in [-0.25, -0.2) is 0 Å². The normalized spacial score (nSPS) is 29.7. The van der Waals surface area contributed by atoms with Crippen molar-refractivity contribution in [3.05, 3.63) is 0 Å². The Balaban J connectivity index is 1.95. The topological polar surface area (TPSA) is 37.4 Å². The van der Waals surface area contributed by atoms with Crippen LogP contribution in [0.15, 0.2) is 0 Å². The molecule has 2 saturated heterocycles. The van der Waals surface area contributed by atoms with Crippen molar-refractivity contribution in [3.63, 3.8) is 0 Å². The predicted octanol–water partition coefficient (Wildman–Crippen LogP) is 1.85. The van der Waals surface area contributed by atoms with E-state index in [4.69, 9.17) is 0 Å². The molecule has 2 atom stereocenters. The van der Waals surface area contributed by atoms with E-state index in [1.165, 1.54) is 0 Å². The van der Waals surface area contributed by atoms with Crippen LogP contribution in [0.2, 0.25) is 0 Å². The number of thioether (sulfide) groups is 1. The number of likely N-dealkylation sites (tertiary alicyclic amines) is 1. The lowest BCUT2D eigenvalue weighted by Gasteiger charge is -2.26. The van der Waals surface area contributed by atoms with Gasteiger partial charge >= 0.3 is 0 Å². The number of hydrogen-bond acceptors (Lipinski definition) is 3. The third-order valence-corrected chi connectivity index (χ3v) is 4.75. The van der Waals surface area contributed by atoms with Crippen molar-refractivity contribution in [3.8, 4) is 0 Å². The minimum Gasteiger partial charge on any atom is -0.338 e. The lowest BCUT2D eigenvalue weighted by atomic mass is 10.1. The van der Waals surface area contributed by atoms with Gasteiger partial charge in [-0.1, -0.05) is 0 Å². The van der Waals surface area contributed by atoms with E-state index < -0.39 is 0 Å². The molecule has 0 aromatic heterocycles. The Bertz CT molecular complexity index is 287. The highest BCUT2D eigenvalue weighted by molar-refractivity contribution is 8.00. The Labute approximate surface area is 101 Å². The van der Waals surface area contributed by atoms with Gasteiger partial charge in [-0.2, -0.15) is 0 Å². The summed E-state index contributed by atoms with van der Waals surface area (Å²) in [7, 11) is 0. The summed E-state index contributed by atoms with van der Waals surface area (Å²) >= 11 is 1.78. The van der Waals surface area contributed by atoms with Crippen molar-refractivity contribution >= 4 is 23.5 Å². The molecule has 0 bridgehead atoms. The first-order valence-corrected chi connectivity index (χ1v) is 7.15. The second kappa shape index (κ2) is 5.21. The van der Waals surface area contributed by atoms with Gasteiger partial charge in [0.15, 0.2) is 0 Å². The predicted molar refractivity (Wildman–Crippen MR) is 65.5 cm³/mol. The molecule has 90 valence electrons. The fourth-order valence-corrected chi connectivity index (χ4v) is 3.86. The first-order valence-electron chi connectivity index (χ1n) is 6.10. The minimum atomic E-state index is 0.174. The lowest BCUT2D eigenvalue weighted by Crippen LogP contribution is -2.41. The zero-order valence-corrected chi connectivity index (χ0v) is 10.6. The standard InChI is InChI=1S/C12H19NO2S/c1-9(14)8-10-4-2-6-13(10)12(15)11-5-3-7-16-11/h10-11H,2-8H2,1H3. The molecule has 2 unspecified atom stereocenters. The number of hydrogen-bond donors (Lipinski definition) is 0. The number of Topliss-reactive ketones (excluding diaryl/α,β-unsaturated/α-hetero) is 1. The van der Waals surface area contributed by atoms with Crippen LogP contribution in [0.3, 0.4) is 0 Å². The average Bonchev–Trinajstić information content (AvgIpc) is 2.84. The van der Waals surface area contributed by atoms with E-state index in [0.29, 0.717) is 6.42 Å². The Kier molecular flexibility index (Phi) is 3.90. The molecule has 16 heavy (non-hydrogen) atoms. The first kappa shape index (κ1) is 12.0. The van der Waals surface area contributed by atoms with E-state index in [1.807, 2.05) is 4.90 Å². The summed E-state index contributed by atoms with van der Waals surface area (Å²) in [5.74, 6) is 1.59. The Morgan fingerprint density at radius 3 is 2.75 bits per heavy atom. The Hall–Kier alpha value is -0.510. The van der Waals surface area contributed by atoms with Gasteiger partial charge in [0.1, 0.15) is 5.78 Å². The van der Waals surface area contributed by atoms with E-state index in [0.717, 1.165) is 38.0 Å². The van der Waals surface area contributed by atoms with Gasteiger partial charge in [-0.05, 0) is 38.4 Å². The molecule has 2 fully saturated rings. The molecule has 0 saturated carbocycles. The van der Waals surface area contributed by atoms with Crippen LogP contribution in [-0.4, -0.2) is 40.2 Å². The zero-order valence-electron chi connectivity index (χ0n) is 9.78. The largest absolute Gasteiger partial charge is 0.338 e. The minimum absolute atomic E-state index is 0.174. The molecule has 2 rings (SSSR count). The Morgan fingerprint density at radius 2 is 2.12 bits per heavy atom. The highest BCUT2D eigenvalue weighted by Crippen LogP contribution is 2.31. The molecule has 0 spiro atoms. The molecule has 2 aliphatic heterocycles. The van der Waals surface area contributed by atoms with Gasteiger partial charge in [0, 0.05) is 19.0 Å². The number of amides is 1. The van der Waals surface area contributed by atoms with Crippen molar-refractivity contribution in [1.29, 1.82) is 0 Å². The molecule has 0 radical (unpaired) electrons. The van der Waals surface area contributed by atoms with Crippen LogP contribution >= 0.6 is 11.8 Å². The second-order valence-electron chi connectivity index (χ2n) is 4.74. The monoisotopic (exact) mass is 241 g/mol. The first-order chi connectivity index (χ1) is 7.68. The number of nitrogens with zero attached hydrogens (tertiary/aromatic N) is 1. The van der Waals surface area contributed by atoms with Crippen molar-refractivity contribution < 1.29 is 9.59 Å². The number of rotatable bonds is 3. The molecule has 0 aliphatic carbocycles. The summed E-state index contributed by atoms with van der Waals surface area (Å²) in [6.45, 7) is 2.47. The maximum absolute atomic E-state index is 12.2. The lowest BCUT2D eigenvalue weighted by molar-refractivity contribution is -0.132. The van der Waals surface area contributed by atoms with Crippen LogP contribution in [0, 0.1) is 0 Å². The van der Waals surface area contributed by atoms with Crippen LogP contribution in [0.4, 0.5) is 0 Å². The van der Waals surface area contributed by atoms with Gasteiger partial charge < -0.3 is 4.90 Å². The van der Waals surface area contributed by atoms with Crippen molar-refractivity contribution in [2.24, 2.45) is 0 Å². The van der Waals surface area contributed by atoms with E-state index in [-0.39, 0.29) is 23.0 Å². The van der Waals surface area contributed by atoms with E-state index >= 15 is 0 Å². The molecular weight excluding hydrogens is 222 g/mol. The molecular formula is C12H19NO2S. The quantitative estimate of drug-likeness (QED) is 0.757. The fourth-order valence-electron chi connectivity index (χ4n) is 2.63. The van der Waals surface area contributed by atoms with Crippen molar-refractivity contribution in [2.45, 2.75) is 50.3 Å². The number of ketones is 1. The summed E-state index contributed by atoms with van der Waals surface area (Å²) in [6.07, 6.45) is 4.78. The molecule has 0 N–H and O–H groups in total. The highest BCUT2D eigenvalue weighted by Gasteiger charge is 2.34. The smallest absolute Gasteiger partial charge is 0.235 e. The average molecular weight is 241 g/mol. The zero-order chi connectivity index (χ0) is 11.5. The maximum Gasteiger partial charge on any atom is 0.235 e. The molecule has 0 aromatic rings. The van der Waals surface area contributed by atoms with E-state index in [1.54, 1.807) is 18.7 Å². The summed E-state index contributed by atoms with van der Waals surface area (Å²) in [5.41, 5.74) is 0. The van der Waals surface area contributed by atoms with Crippen LogP contribution in [-0.2, 0) is 9.59 Å². The highest BCUT2D eigenvalue weighted by atomic mass is 32.2. The van der Waals surface area contributed by atoms with Gasteiger partial charge in [0.05, 0.1) is 5.25 Å². The molecule has 4 heteroatoms. The summed E-state index contributed by atoms with van der Waals surface area (Å²) in [5, 5.41) is 0.174. The van der Waals surface area contributed by atoms with E-state index in [9.17, 15) is 9.59 Å². The molecule has 2 heterocycles. The number of carbonyl (C=O) groups excluding carboxylic acids is 2. The molecule has 1 amide bonds. The molecule has 2 aliphatic rings. The summed E-state index contributed by atoms with van der Waals surface area (Å²) < 4.78 is 0. The molecule has 0 aromatic carbocycles. The van der Waals surface area contributed by atoms with Crippen LogP contribution in [0.25, 0.3) is 0 Å². The van der Waals surface area contributed by atoms with Gasteiger partial charge in [0.25, 0.3) is 0 Å².